The molecule has 0 fully saturated rings. The highest BCUT2D eigenvalue weighted by Gasteiger charge is 2.26. The summed E-state index contributed by atoms with van der Waals surface area (Å²) in [6.07, 6.45) is 0. The molecular weight excluding hydrogens is 793 g/mol. The van der Waals surface area contributed by atoms with Crippen LogP contribution < -0.4 is 25.6 Å². The standard InChI is InChI=1S/C36H35Cl2N7O8S2/c1-5-40-22-11-16-28(21(3)17-22)41-33(34-42-29-10-8-7-9-25(29)36(48)45(34)20-32(46)53-6-2)35(47)43-30-18-24(13-14-26(30)37)55(51,52)44-31-19-23(12-15-27(31)38)54(49,50)39-4/h7-19,39-40,44H,5-6,20H2,1-4H3,(H,43,47)/b41-33-. The third-order valence-corrected chi connectivity index (χ3v) is 11.4. The van der Waals surface area contributed by atoms with Gasteiger partial charge in [-0.25, -0.2) is 31.5 Å². The van der Waals surface area contributed by atoms with E-state index in [-0.39, 0.29) is 54.5 Å². The highest BCUT2D eigenvalue weighted by molar-refractivity contribution is 7.92. The van der Waals surface area contributed by atoms with Crippen molar-refractivity contribution in [3.8, 4) is 0 Å². The van der Waals surface area contributed by atoms with Crippen molar-refractivity contribution in [2.45, 2.75) is 37.1 Å². The first-order chi connectivity index (χ1) is 26.1. The number of esters is 1. The number of carbonyl (C=O) groups is 2. The van der Waals surface area contributed by atoms with Gasteiger partial charge in [-0.05, 0) is 100 Å². The molecule has 0 radical (unpaired) electrons. The largest absolute Gasteiger partial charge is 0.465 e. The minimum atomic E-state index is -4.48. The van der Waals surface area contributed by atoms with Gasteiger partial charge in [0.25, 0.3) is 21.5 Å². The third kappa shape index (κ3) is 9.32. The molecule has 0 saturated heterocycles. The predicted molar refractivity (Wildman–Crippen MR) is 213 cm³/mol. The molecule has 0 atom stereocenters. The lowest BCUT2D eigenvalue weighted by atomic mass is 10.1. The summed E-state index contributed by atoms with van der Waals surface area (Å²) in [7, 11) is -7.22. The van der Waals surface area contributed by atoms with Crippen LogP contribution in [0.5, 0.6) is 0 Å². The molecule has 0 spiro atoms. The topological polar surface area (TPSA) is 207 Å². The first-order valence-electron chi connectivity index (χ1n) is 16.5. The molecule has 5 rings (SSSR count). The van der Waals surface area contributed by atoms with Crippen LogP contribution in [0.4, 0.5) is 22.7 Å². The molecule has 4 aromatic carbocycles. The van der Waals surface area contributed by atoms with E-state index in [1.807, 2.05) is 13.0 Å². The predicted octanol–water partition coefficient (Wildman–Crippen LogP) is 5.48. The summed E-state index contributed by atoms with van der Waals surface area (Å²) in [5.74, 6) is -2.01. The number of aromatic nitrogens is 2. The van der Waals surface area contributed by atoms with E-state index < -0.39 is 49.7 Å². The molecule has 5 aromatic rings. The van der Waals surface area contributed by atoms with Crippen LogP contribution in [0.2, 0.25) is 10.0 Å². The van der Waals surface area contributed by atoms with Crippen LogP contribution in [0.15, 0.2) is 98.4 Å². The lowest BCUT2D eigenvalue weighted by molar-refractivity contribution is -0.143. The Morgan fingerprint density at radius 3 is 2.18 bits per heavy atom. The van der Waals surface area contributed by atoms with Gasteiger partial charge in [-0.3, -0.25) is 23.7 Å². The number of carbonyl (C=O) groups excluding carboxylic acids is 2. The molecule has 0 bridgehead atoms. The highest BCUT2D eigenvalue weighted by Crippen LogP contribution is 2.31. The Morgan fingerprint density at radius 1 is 0.873 bits per heavy atom. The maximum Gasteiger partial charge on any atom is 0.326 e. The fraction of sp³-hybridized carbons (Fsp3) is 0.194. The number of rotatable bonds is 14. The number of ether oxygens (including phenoxy) is 1. The molecule has 1 aromatic heterocycles. The quantitative estimate of drug-likeness (QED) is 0.0820. The molecule has 0 saturated carbocycles. The number of hydrogen-bond acceptors (Lipinski definition) is 11. The molecule has 1 amide bonds. The second kappa shape index (κ2) is 17.0. The lowest BCUT2D eigenvalue weighted by Crippen LogP contribution is -2.36. The average molecular weight is 829 g/mol. The van der Waals surface area contributed by atoms with Crippen molar-refractivity contribution in [3.63, 3.8) is 0 Å². The second-order valence-corrected chi connectivity index (χ2v) is 16.1. The van der Waals surface area contributed by atoms with Crippen molar-refractivity contribution in [2.24, 2.45) is 4.99 Å². The van der Waals surface area contributed by atoms with E-state index in [0.717, 1.165) is 28.5 Å². The van der Waals surface area contributed by atoms with Crippen LogP contribution in [-0.2, 0) is 40.9 Å². The number of benzene rings is 4. The van der Waals surface area contributed by atoms with Crippen molar-refractivity contribution < 1.29 is 31.2 Å². The zero-order chi connectivity index (χ0) is 40.1. The Hall–Kier alpha value is -5.33. The minimum absolute atomic E-state index is 0.0298. The summed E-state index contributed by atoms with van der Waals surface area (Å²) in [4.78, 5) is 49.7. The first kappa shape index (κ1) is 40.8. The van der Waals surface area contributed by atoms with Crippen LogP contribution in [0.1, 0.15) is 25.2 Å². The van der Waals surface area contributed by atoms with E-state index in [1.165, 1.54) is 31.3 Å². The highest BCUT2D eigenvalue weighted by atomic mass is 35.5. The van der Waals surface area contributed by atoms with E-state index in [2.05, 4.69) is 30.1 Å². The van der Waals surface area contributed by atoms with Crippen molar-refractivity contribution in [3.05, 3.63) is 111 Å². The fourth-order valence-corrected chi connectivity index (χ4v) is 7.51. The number of hydrogen-bond donors (Lipinski definition) is 4. The van der Waals surface area contributed by atoms with Gasteiger partial charge in [0.2, 0.25) is 10.0 Å². The van der Waals surface area contributed by atoms with E-state index in [9.17, 15) is 31.2 Å². The number of halogens is 2. The molecule has 0 aliphatic rings. The number of aliphatic imine (C=N–C) groups is 1. The number of anilines is 3. The maximum atomic E-state index is 14.4. The summed E-state index contributed by atoms with van der Waals surface area (Å²) in [5, 5.41) is 5.79. The molecule has 288 valence electrons. The van der Waals surface area contributed by atoms with Crippen molar-refractivity contribution in [2.75, 3.05) is 35.6 Å². The van der Waals surface area contributed by atoms with Crippen molar-refractivity contribution in [1.82, 2.24) is 14.3 Å². The number of para-hydroxylation sites is 1. The van der Waals surface area contributed by atoms with Gasteiger partial charge in [-0.1, -0.05) is 35.3 Å². The summed E-state index contributed by atoms with van der Waals surface area (Å²) >= 11 is 12.7. The van der Waals surface area contributed by atoms with Crippen LogP contribution in [0.3, 0.4) is 0 Å². The Bertz CT molecular complexity index is 2630. The number of aryl methyl sites for hydroxylation is 1. The van der Waals surface area contributed by atoms with E-state index >= 15 is 0 Å². The van der Waals surface area contributed by atoms with Gasteiger partial charge in [0.1, 0.15) is 6.54 Å². The Morgan fingerprint density at radius 2 is 1.53 bits per heavy atom. The monoisotopic (exact) mass is 827 g/mol. The van der Waals surface area contributed by atoms with Gasteiger partial charge in [0.15, 0.2) is 11.5 Å². The van der Waals surface area contributed by atoms with Crippen LogP contribution in [0.25, 0.3) is 10.9 Å². The van der Waals surface area contributed by atoms with Gasteiger partial charge in [-0.15, -0.1) is 0 Å². The molecular formula is C36H35Cl2N7O8S2. The van der Waals surface area contributed by atoms with E-state index in [0.29, 0.717) is 17.8 Å². The summed E-state index contributed by atoms with van der Waals surface area (Å²) in [6.45, 7) is 5.38. The van der Waals surface area contributed by atoms with Gasteiger partial charge >= 0.3 is 5.97 Å². The number of amides is 1. The molecule has 4 N–H and O–H groups in total. The Balaban J connectivity index is 1.63. The third-order valence-electron chi connectivity index (χ3n) is 7.95. The van der Waals surface area contributed by atoms with Crippen LogP contribution in [-0.4, -0.2) is 64.2 Å². The minimum Gasteiger partial charge on any atom is -0.465 e. The number of fused-ring (bicyclic) bond motifs is 1. The zero-order valence-corrected chi connectivity index (χ0v) is 33.0. The molecule has 0 aliphatic carbocycles. The van der Waals surface area contributed by atoms with Crippen molar-refractivity contribution >= 4 is 94.5 Å². The van der Waals surface area contributed by atoms with Gasteiger partial charge in [0, 0.05) is 12.2 Å². The van der Waals surface area contributed by atoms with Gasteiger partial charge in [0.05, 0.1) is 54.4 Å². The molecule has 15 nitrogen and oxygen atoms in total. The summed E-state index contributed by atoms with van der Waals surface area (Å²) < 4.78 is 62.4. The van der Waals surface area contributed by atoms with Gasteiger partial charge < -0.3 is 15.4 Å². The fourth-order valence-electron chi connectivity index (χ4n) is 5.27. The molecule has 0 aliphatic heterocycles. The zero-order valence-electron chi connectivity index (χ0n) is 29.8. The number of nitrogens with zero attached hydrogens (tertiary/aromatic N) is 3. The summed E-state index contributed by atoms with van der Waals surface area (Å²) in [6, 6.07) is 18.5. The molecule has 0 unspecified atom stereocenters. The number of nitrogens with one attached hydrogen (secondary N) is 4. The molecule has 55 heavy (non-hydrogen) atoms. The van der Waals surface area contributed by atoms with Crippen molar-refractivity contribution in [1.29, 1.82) is 0 Å². The van der Waals surface area contributed by atoms with E-state index in [1.54, 1.807) is 44.2 Å². The Labute approximate surface area is 326 Å². The van der Waals surface area contributed by atoms with Crippen LogP contribution in [0, 0.1) is 6.92 Å². The maximum absolute atomic E-state index is 14.4. The molecule has 1 heterocycles. The number of sulfonamides is 2. The Kier molecular flexibility index (Phi) is 12.6. The smallest absolute Gasteiger partial charge is 0.326 e. The van der Waals surface area contributed by atoms with E-state index in [4.69, 9.17) is 27.9 Å². The van der Waals surface area contributed by atoms with Gasteiger partial charge in [-0.2, -0.15) is 0 Å². The summed E-state index contributed by atoms with van der Waals surface area (Å²) in [5.41, 5.74) is 0.505. The lowest BCUT2D eigenvalue weighted by Gasteiger charge is -2.16. The average Bonchev–Trinajstić information content (AvgIpc) is 3.14. The normalized spacial score (nSPS) is 12.0. The first-order valence-corrected chi connectivity index (χ1v) is 20.3. The second-order valence-electron chi connectivity index (χ2n) is 11.7. The van der Waals surface area contributed by atoms with Crippen LogP contribution >= 0.6 is 23.2 Å². The molecule has 19 heteroatoms. The SMILES string of the molecule is CCNc1ccc(/N=C(\C(=O)Nc2cc(S(=O)(=O)Nc3cc(S(=O)(=O)NC)ccc3Cl)ccc2Cl)c2nc3ccccc3c(=O)n2CC(=O)OCC)c(C)c1.